The molecule has 0 aromatic heterocycles. The van der Waals surface area contributed by atoms with Crippen molar-refractivity contribution >= 4 is 34.8 Å². The Hall–Kier alpha value is -2.14. The molecule has 0 aliphatic carbocycles. The van der Waals surface area contributed by atoms with E-state index in [0.717, 1.165) is 36.3 Å². The van der Waals surface area contributed by atoms with Crippen LogP contribution in [0.3, 0.4) is 0 Å². The highest BCUT2D eigenvalue weighted by Crippen LogP contribution is 2.31. The molecular formula is C19H22ClN3O2. The van der Waals surface area contributed by atoms with Gasteiger partial charge in [-0.15, -0.1) is 0 Å². The number of nitrogens with zero attached hydrogens (tertiary/aromatic N) is 2. The van der Waals surface area contributed by atoms with Crippen LogP contribution in [-0.2, 0) is 4.79 Å². The third-order valence-corrected chi connectivity index (χ3v) is 5.04. The normalized spacial score (nSPS) is 19.9. The SMILES string of the molecule is CC1=CC(C)=NC(=O)C1CNC(=O)c1cc(Cl)cc(N2CCC2)c1C. The summed E-state index contributed by atoms with van der Waals surface area (Å²) in [5.41, 5.74) is 4.10. The number of benzene rings is 1. The maximum absolute atomic E-state index is 12.7. The molecule has 0 spiro atoms. The number of allylic oxidation sites excluding steroid dienone is 1. The van der Waals surface area contributed by atoms with Gasteiger partial charge >= 0.3 is 0 Å². The molecule has 3 rings (SSSR count). The Balaban J connectivity index is 1.75. The Labute approximate surface area is 152 Å². The molecule has 1 atom stereocenters. The van der Waals surface area contributed by atoms with Crippen LogP contribution in [0.4, 0.5) is 5.69 Å². The summed E-state index contributed by atoms with van der Waals surface area (Å²) in [6, 6.07) is 3.59. The molecule has 0 saturated carbocycles. The van der Waals surface area contributed by atoms with E-state index in [1.54, 1.807) is 13.0 Å². The molecule has 1 aromatic carbocycles. The molecule has 5 nitrogen and oxygen atoms in total. The van der Waals surface area contributed by atoms with Gasteiger partial charge in [0.05, 0.1) is 5.92 Å². The number of hydrogen-bond acceptors (Lipinski definition) is 3. The van der Waals surface area contributed by atoms with E-state index in [2.05, 4.69) is 15.2 Å². The summed E-state index contributed by atoms with van der Waals surface area (Å²) in [7, 11) is 0. The van der Waals surface area contributed by atoms with Gasteiger partial charge in [-0.3, -0.25) is 9.59 Å². The zero-order valence-electron chi connectivity index (χ0n) is 14.7. The van der Waals surface area contributed by atoms with E-state index in [1.165, 1.54) is 0 Å². The van der Waals surface area contributed by atoms with E-state index in [1.807, 2.05) is 26.0 Å². The highest BCUT2D eigenvalue weighted by atomic mass is 35.5. The molecule has 6 heteroatoms. The molecule has 1 N–H and O–H groups in total. The first-order valence-corrected chi connectivity index (χ1v) is 8.85. The van der Waals surface area contributed by atoms with Crippen molar-refractivity contribution in [3.63, 3.8) is 0 Å². The molecule has 0 bridgehead atoms. The fourth-order valence-electron chi connectivity index (χ4n) is 3.23. The molecule has 2 aliphatic rings. The number of anilines is 1. The number of carbonyl (C=O) groups excluding carboxylic acids is 2. The minimum atomic E-state index is -0.401. The van der Waals surface area contributed by atoms with Crippen molar-refractivity contribution in [2.45, 2.75) is 27.2 Å². The monoisotopic (exact) mass is 359 g/mol. The van der Waals surface area contributed by atoms with Gasteiger partial charge in [0.2, 0.25) is 0 Å². The Bertz CT molecular complexity index is 794. The van der Waals surface area contributed by atoms with Crippen LogP contribution in [0, 0.1) is 12.8 Å². The highest BCUT2D eigenvalue weighted by molar-refractivity contribution is 6.31. The van der Waals surface area contributed by atoms with Crippen LogP contribution in [-0.4, -0.2) is 37.2 Å². The molecule has 2 heterocycles. The van der Waals surface area contributed by atoms with Gasteiger partial charge in [0.15, 0.2) is 0 Å². The first kappa shape index (κ1) is 17.7. The molecule has 1 saturated heterocycles. The van der Waals surface area contributed by atoms with Crippen LogP contribution >= 0.6 is 11.6 Å². The molecule has 1 fully saturated rings. The van der Waals surface area contributed by atoms with E-state index < -0.39 is 5.92 Å². The van der Waals surface area contributed by atoms with E-state index in [4.69, 9.17) is 11.6 Å². The minimum absolute atomic E-state index is 0.207. The predicted octanol–water partition coefficient (Wildman–Crippen LogP) is 3.15. The van der Waals surface area contributed by atoms with Crippen molar-refractivity contribution in [3.8, 4) is 0 Å². The van der Waals surface area contributed by atoms with Crippen LogP contribution in [0.15, 0.2) is 28.8 Å². The fourth-order valence-corrected chi connectivity index (χ4v) is 3.45. The summed E-state index contributed by atoms with van der Waals surface area (Å²) >= 11 is 6.21. The average Bonchev–Trinajstić information content (AvgIpc) is 2.47. The van der Waals surface area contributed by atoms with Gasteiger partial charge in [-0.05, 0) is 51.0 Å². The number of dihydropyridines is 1. The van der Waals surface area contributed by atoms with Crippen LogP contribution in [0.1, 0.15) is 36.2 Å². The fraction of sp³-hybridized carbons (Fsp3) is 0.421. The average molecular weight is 360 g/mol. The lowest BCUT2D eigenvalue weighted by Gasteiger charge is -2.35. The lowest BCUT2D eigenvalue weighted by molar-refractivity contribution is -0.120. The van der Waals surface area contributed by atoms with Crippen LogP contribution in [0.25, 0.3) is 0 Å². The molecule has 2 amide bonds. The van der Waals surface area contributed by atoms with Crippen molar-refractivity contribution in [3.05, 3.63) is 39.9 Å². The van der Waals surface area contributed by atoms with Crippen LogP contribution < -0.4 is 10.2 Å². The first-order valence-electron chi connectivity index (χ1n) is 8.47. The van der Waals surface area contributed by atoms with Gasteiger partial charge in [-0.2, -0.15) is 0 Å². The van der Waals surface area contributed by atoms with Crippen molar-refractivity contribution < 1.29 is 9.59 Å². The molecule has 1 aromatic rings. The van der Waals surface area contributed by atoms with E-state index in [0.29, 0.717) is 16.3 Å². The molecule has 132 valence electrons. The standard InChI is InChI=1S/C19H22ClN3O2/c1-11-7-12(2)22-19(25)16(11)10-21-18(24)15-8-14(20)9-17(13(15)3)23-5-4-6-23/h7-9,16H,4-6,10H2,1-3H3,(H,21,24). The summed E-state index contributed by atoms with van der Waals surface area (Å²) in [5.74, 6) is -0.822. The summed E-state index contributed by atoms with van der Waals surface area (Å²) in [6.45, 7) is 7.83. The number of nitrogens with one attached hydrogen (secondary N) is 1. The summed E-state index contributed by atoms with van der Waals surface area (Å²) in [4.78, 5) is 30.9. The Morgan fingerprint density at radius 1 is 1.32 bits per heavy atom. The second kappa shape index (κ2) is 7.00. The second-order valence-corrected chi connectivity index (χ2v) is 7.12. The molecular weight excluding hydrogens is 338 g/mol. The lowest BCUT2D eigenvalue weighted by atomic mass is 9.95. The smallest absolute Gasteiger partial charge is 0.254 e. The molecule has 1 unspecified atom stereocenters. The van der Waals surface area contributed by atoms with E-state index in [-0.39, 0.29) is 18.4 Å². The maximum atomic E-state index is 12.7. The number of aliphatic imine (C=N–C) groups is 1. The van der Waals surface area contributed by atoms with Crippen molar-refractivity contribution in [1.82, 2.24) is 5.32 Å². The van der Waals surface area contributed by atoms with Gasteiger partial charge in [0.25, 0.3) is 11.8 Å². The van der Waals surface area contributed by atoms with Crippen LogP contribution in [0.2, 0.25) is 5.02 Å². The quantitative estimate of drug-likeness (QED) is 0.898. The van der Waals surface area contributed by atoms with Gasteiger partial charge < -0.3 is 10.2 Å². The topological polar surface area (TPSA) is 61.8 Å². The zero-order chi connectivity index (χ0) is 18.1. The van der Waals surface area contributed by atoms with Crippen LogP contribution in [0.5, 0.6) is 0 Å². The summed E-state index contributed by atoms with van der Waals surface area (Å²) < 4.78 is 0. The van der Waals surface area contributed by atoms with Gasteiger partial charge in [0, 0.05) is 41.6 Å². The Kier molecular flexibility index (Phi) is 4.95. The highest BCUT2D eigenvalue weighted by Gasteiger charge is 2.25. The second-order valence-electron chi connectivity index (χ2n) is 6.68. The van der Waals surface area contributed by atoms with E-state index >= 15 is 0 Å². The van der Waals surface area contributed by atoms with Crippen molar-refractivity contribution in [1.29, 1.82) is 0 Å². The molecule has 25 heavy (non-hydrogen) atoms. The minimum Gasteiger partial charge on any atom is -0.371 e. The largest absolute Gasteiger partial charge is 0.371 e. The number of amides is 2. The maximum Gasteiger partial charge on any atom is 0.254 e. The zero-order valence-corrected chi connectivity index (χ0v) is 15.5. The van der Waals surface area contributed by atoms with Crippen molar-refractivity contribution in [2.75, 3.05) is 24.5 Å². The van der Waals surface area contributed by atoms with Gasteiger partial charge in [-0.25, -0.2) is 4.99 Å². The summed E-state index contributed by atoms with van der Waals surface area (Å²) in [6.07, 6.45) is 3.04. The third-order valence-electron chi connectivity index (χ3n) is 4.82. The third kappa shape index (κ3) is 3.61. The number of hydrogen-bond donors (Lipinski definition) is 1. The van der Waals surface area contributed by atoms with Gasteiger partial charge in [0.1, 0.15) is 0 Å². The lowest BCUT2D eigenvalue weighted by Crippen LogP contribution is -2.38. The summed E-state index contributed by atoms with van der Waals surface area (Å²) in [5, 5.41) is 3.41. The first-order chi connectivity index (χ1) is 11.9. The number of rotatable bonds is 4. The Morgan fingerprint density at radius 2 is 2.04 bits per heavy atom. The van der Waals surface area contributed by atoms with E-state index in [9.17, 15) is 9.59 Å². The van der Waals surface area contributed by atoms with Gasteiger partial charge in [-0.1, -0.05) is 17.2 Å². The molecule has 2 aliphatic heterocycles. The number of halogens is 1. The van der Waals surface area contributed by atoms with Crippen molar-refractivity contribution in [2.24, 2.45) is 10.9 Å². The molecule has 0 radical (unpaired) electrons. The predicted molar refractivity (Wildman–Crippen MR) is 101 cm³/mol. The Morgan fingerprint density at radius 3 is 2.64 bits per heavy atom. The number of carbonyl (C=O) groups is 2.